The average Bonchev–Trinajstić information content (AvgIpc) is 3.22. The molecule has 0 N–H and O–H groups in total. The van der Waals surface area contributed by atoms with Crippen molar-refractivity contribution in [3.8, 4) is 0 Å². The molecule has 1 fully saturated rings. The van der Waals surface area contributed by atoms with Gasteiger partial charge >= 0.3 is 0 Å². The van der Waals surface area contributed by atoms with Crippen molar-refractivity contribution in [1.82, 2.24) is 9.88 Å². The van der Waals surface area contributed by atoms with Crippen LogP contribution >= 0.6 is 24.0 Å². The molecule has 29 heavy (non-hydrogen) atoms. The molecule has 2 aromatic rings. The molecule has 0 aliphatic carbocycles. The van der Waals surface area contributed by atoms with Crippen molar-refractivity contribution in [2.75, 3.05) is 12.5 Å². The van der Waals surface area contributed by atoms with Gasteiger partial charge in [0, 0.05) is 17.3 Å². The van der Waals surface area contributed by atoms with Gasteiger partial charge in [0.15, 0.2) is 5.05 Å². The summed E-state index contributed by atoms with van der Waals surface area (Å²) in [6.07, 6.45) is 2.16. The van der Waals surface area contributed by atoms with Gasteiger partial charge in [-0.1, -0.05) is 56.8 Å². The van der Waals surface area contributed by atoms with Gasteiger partial charge in [-0.15, -0.1) is 0 Å². The Hall–Kier alpha value is -1.99. The fourth-order valence-corrected chi connectivity index (χ4v) is 4.22. The number of thiocarbonyl (C=S) groups is 1. The average molecular weight is 431 g/mol. The number of hydrogen-bond acceptors (Lipinski definition) is 6. The van der Waals surface area contributed by atoms with Crippen LogP contribution < -0.4 is 0 Å². The molecule has 2 heterocycles. The Kier molecular flexibility index (Phi) is 6.90. The first-order chi connectivity index (χ1) is 13.8. The first-order valence-electron chi connectivity index (χ1n) is 9.84. The van der Waals surface area contributed by atoms with Crippen LogP contribution in [0.25, 0.3) is 10.9 Å². The van der Waals surface area contributed by atoms with Gasteiger partial charge in [0.25, 0.3) is 5.91 Å². The Balaban J connectivity index is 1.57. The second kappa shape index (κ2) is 9.22. The number of nitrogens with zero attached hydrogens (tertiary/aromatic N) is 2. The highest BCUT2D eigenvalue weighted by Gasteiger charge is 2.40. The molecule has 1 unspecified atom stereocenters. The van der Waals surface area contributed by atoms with Crippen molar-refractivity contribution in [3.05, 3.63) is 36.4 Å². The molecule has 0 radical (unpaired) electrons. The number of para-hydroxylation sites is 1. The fourth-order valence-electron chi connectivity index (χ4n) is 3.21. The second-order valence-corrected chi connectivity index (χ2v) is 9.14. The molecule has 0 saturated carbocycles. The van der Waals surface area contributed by atoms with Gasteiger partial charge in [-0.2, -0.15) is 0 Å². The third-order valence-corrected chi connectivity index (χ3v) is 6.61. The molecule has 5 nitrogen and oxygen atoms in total. The van der Waals surface area contributed by atoms with Gasteiger partial charge in [0.2, 0.25) is 5.78 Å². The topological polar surface area (TPSA) is 59.5 Å². The number of rotatable bonds is 7. The van der Waals surface area contributed by atoms with Crippen LogP contribution in [-0.4, -0.2) is 45.2 Å². The number of aromatic nitrogens is 1. The first-order valence-corrected chi connectivity index (χ1v) is 11.2. The predicted octanol–water partition coefficient (Wildman–Crippen LogP) is 4.62. The van der Waals surface area contributed by atoms with E-state index in [2.05, 4.69) is 4.98 Å². The zero-order valence-electron chi connectivity index (χ0n) is 17.0. The Morgan fingerprint density at radius 2 is 2.03 bits per heavy atom. The lowest BCUT2D eigenvalue weighted by Gasteiger charge is -2.28. The molecule has 1 aromatic heterocycles. The molecule has 154 valence electrons. The number of ether oxygens (including phenoxy) is 1. The summed E-state index contributed by atoms with van der Waals surface area (Å²) in [7, 11) is 0. The molecule has 1 aliphatic rings. The molecule has 0 spiro atoms. The highest BCUT2D eigenvalue weighted by molar-refractivity contribution is 7.99. The van der Waals surface area contributed by atoms with Crippen molar-refractivity contribution in [2.24, 2.45) is 5.41 Å². The van der Waals surface area contributed by atoms with Gasteiger partial charge < -0.3 is 9.64 Å². The van der Waals surface area contributed by atoms with Crippen LogP contribution in [-0.2, 0) is 14.3 Å². The van der Waals surface area contributed by atoms with Gasteiger partial charge in [-0.3, -0.25) is 9.59 Å². The number of hydrogen-bond donors (Lipinski definition) is 0. The molecule has 1 aliphatic heterocycles. The van der Waals surface area contributed by atoms with Crippen LogP contribution in [0.2, 0.25) is 0 Å². The fraction of sp³-hybridized carbons (Fsp3) is 0.455. The zero-order valence-corrected chi connectivity index (χ0v) is 18.6. The van der Waals surface area contributed by atoms with Crippen molar-refractivity contribution in [1.29, 1.82) is 0 Å². The minimum absolute atomic E-state index is 0.317. The standard InChI is InChI=1S/C22H26N2O3S2/c1-4-22(2,3)19(25)20(26)24-13-7-10-17(24)21(28)27-14-29-18-12-11-15-8-5-6-9-16(15)23-18/h5-6,8-9,11-12,17H,4,7,10,13-14H2,1-3H3. The molecule has 3 rings (SSSR count). The quantitative estimate of drug-likeness (QED) is 0.276. The molecular formula is C22H26N2O3S2. The largest absolute Gasteiger partial charge is 0.474 e. The van der Waals surface area contributed by atoms with Crippen LogP contribution in [0.3, 0.4) is 0 Å². The SMILES string of the molecule is CCC(C)(C)C(=O)C(=O)N1CCCC1C(=S)OCSc1ccc2ccccc2n1. The van der Waals surface area contributed by atoms with E-state index in [1.807, 2.05) is 43.3 Å². The summed E-state index contributed by atoms with van der Waals surface area (Å²) in [6, 6.07) is 11.6. The van der Waals surface area contributed by atoms with Gasteiger partial charge in [0.1, 0.15) is 12.0 Å². The minimum atomic E-state index is -0.662. The van der Waals surface area contributed by atoms with E-state index in [0.717, 1.165) is 28.8 Å². The van der Waals surface area contributed by atoms with Gasteiger partial charge in [0.05, 0.1) is 10.5 Å². The number of fused-ring (bicyclic) bond motifs is 1. The molecular weight excluding hydrogens is 404 g/mol. The van der Waals surface area contributed by atoms with E-state index < -0.39 is 11.3 Å². The lowest BCUT2D eigenvalue weighted by molar-refractivity contribution is -0.149. The third-order valence-electron chi connectivity index (χ3n) is 5.46. The summed E-state index contributed by atoms with van der Waals surface area (Å²) >= 11 is 6.90. The smallest absolute Gasteiger partial charge is 0.291 e. The predicted molar refractivity (Wildman–Crippen MR) is 120 cm³/mol. The number of benzene rings is 1. The van der Waals surface area contributed by atoms with Gasteiger partial charge in [-0.25, -0.2) is 4.98 Å². The monoisotopic (exact) mass is 430 g/mol. The third kappa shape index (κ3) is 4.95. The summed E-state index contributed by atoms with van der Waals surface area (Å²) in [6.45, 7) is 6.07. The number of ketones is 1. The summed E-state index contributed by atoms with van der Waals surface area (Å²) in [5.74, 6) is -0.490. The summed E-state index contributed by atoms with van der Waals surface area (Å²) in [5, 5.41) is 2.31. The molecule has 0 bridgehead atoms. The number of Topliss-reactive ketones (excluding diaryl/α,β-unsaturated/α-hetero) is 1. The van der Waals surface area contributed by atoms with E-state index in [9.17, 15) is 9.59 Å². The first kappa shape index (κ1) is 21.7. The Morgan fingerprint density at radius 1 is 1.28 bits per heavy atom. The minimum Gasteiger partial charge on any atom is -0.474 e. The number of amides is 1. The molecule has 1 saturated heterocycles. The van der Waals surface area contributed by atoms with Crippen molar-refractivity contribution >= 4 is 51.6 Å². The van der Waals surface area contributed by atoms with Crippen LogP contribution in [0.5, 0.6) is 0 Å². The van der Waals surface area contributed by atoms with E-state index in [0.29, 0.717) is 24.0 Å². The normalized spacial score (nSPS) is 16.8. The van der Waals surface area contributed by atoms with E-state index in [4.69, 9.17) is 17.0 Å². The number of pyridine rings is 1. The number of likely N-dealkylation sites (tertiary alicyclic amines) is 1. The molecule has 1 atom stereocenters. The highest BCUT2D eigenvalue weighted by Crippen LogP contribution is 2.27. The maximum Gasteiger partial charge on any atom is 0.291 e. The Morgan fingerprint density at radius 3 is 2.79 bits per heavy atom. The van der Waals surface area contributed by atoms with E-state index in [-0.39, 0.29) is 11.8 Å². The second-order valence-electron chi connectivity index (χ2n) is 7.79. The Bertz CT molecular complexity index is 929. The molecule has 7 heteroatoms. The lowest BCUT2D eigenvalue weighted by Crippen LogP contribution is -2.47. The number of thioether (sulfide) groups is 1. The Labute approximate surface area is 181 Å². The van der Waals surface area contributed by atoms with Crippen LogP contribution in [0, 0.1) is 5.41 Å². The number of carbonyl (C=O) groups excluding carboxylic acids is 2. The summed E-state index contributed by atoms with van der Waals surface area (Å²) < 4.78 is 5.76. The highest BCUT2D eigenvalue weighted by atomic mass is 32.2. The van der Waals surface area contributed by atoms with Crippen LogP contribution in [0.15, 0.2) is 41.4 Å². The number of carbonyl (C=O) groups is 2. The van der Waals surface area contributed by atoms with Crippen molar-refractivity contribution in [2.45, 2.75) is 51.1 Å². The van der Waals surface area contributed by atoms with Crippen molar-refractivity contribution < 1.29 is 14.3 Å². The van der Waals surface area contributed by atoms with Crippen LogP contribution in [0.4, 0.5) is 0 Å². The summed E-state index contributed by atoms with van der Waals surface area (Å²) in [4.78, 5) is 31.5. The lowest BCUT2D eigenvalue weighted by atomic mass is 9.84. The molecule has 1 amide bonds. The van der Waals surface area contributed by atoms with Crippen molar-refractivity contribution in [3.63, 3.8) is 0 Å². The maximum atomic E-state index is 12.7. The van der Waals surface area contributed by atoms with E-state index >= 15 is 0 Å². The van der Waals surface area contributed by atoms with Gasteiger partial charge in [-0.05, 0) is 43.6 Å². The maximum absolute atomic E-state index is 12.7. The van der Waals surface area contributed by atoms with E-state index in [1.165, 1.54) is 11.8 Å². The molecule has 1 aromatic carbocycles. The zero-order chi connectivity index (χ0) is 21.0. The summed E-state index contributed by atoms with van der Waals surface area (Å²) in [5.41, 5.74) is 0.273. The van der Waals surface area contributed by atoms with E-state index in [1.54, 1.807) is 18.7 Å². The van der Waals surface area contributed by atoms with Crippen LogP contribution in [0.1, 0.15) is 40.0 Å².